The summed E-state index contributed by atoms with van der Waals surface area (Å²) in [6.45, 7) is 6.79. The van der Waals surface area contributed by atoms with E-state index < -0.39 is 139 Å². The fraction of sp³-hybridized carbons (Fsp3) is 0.698. The number of unbranched alkanes of at least 4 members (excludes halogenated alkanes) is 10. The van der Waals surface area contributed by atoms with Gasteiger partial charge in [0.25, 0.3) is 0 Å². The van der Waals surface area contributed by atoms with Crippen molar-refractivity contribution in [3.8, 4) is 5.75 Å². The zero-order valence-corrected chi connectivity index (χ0v) is 56.5. The average Bonchev–Trinajstić information content (AvgIpc) is 1.61. The molecule has 31 heteroatoms. The van der Waals surface area contributed by atoms with Crippen LogP contribution in [0, 0.1) is 5.92 Å². The van der Waals surface area contributed by atoms with Crippen LogP contribution in [0.25, 0.3) is 0 Å². The van der Waals surface area contributed by atoms with Gasteiger partial charge in [-0.15, -0.1) is 11.8 Å². The molecule has 2 saturated heterocycles. The van der Waals surface area contributed by atoms with Crippen molar-refractivity contribution in [2.45, 2.75) is 198 Å². The minimum Gasteiger partial charge on any atom is -0.508 e. The number of aromatic hydroxyl groups is 1. The summed E-state index contributed by atoms with van der Waals surface area (Å²) in [4.78, 5) is 176. The summed E-state index contributed by atoms with van der Waals surface area (Å²) < 4.78 is 11.1. The summed E-state index contributed by atoms with van der Waals surface area (Å²) in [5.74, 6) is -10.7. The predicted molar refractivity (Wildman–Crippen MR) is 355 cm³/mol. The maximum Gasteiger partial charge on any atom is 0.246 e. The lowest BCUT2D eigenvalue weighted by Crippen LogP contribution is -2.61. The van der Waals surface area contributed by atoms with Gasteiger partial charge >= 0.3 is 0 Å². The fourth-order valence-corrected chi connectivity index (χ4v) is 12.1. The van der Waals surface area contributed by atoms with Crippen molar-refractivity contribution in [2.24, 2.45) is 23.1 Å². The van der Waals surface area contributed by atoms with E-state index in [1.807, 2.05) is 13.8 Å². The van der Waals surface area contributed by atoms with Crippen molar-refractivity contribution in [1.82, 2.24) is 52.8 Å². The molecular weight excluding hydrogens is 1260 g/mol. The molecule has 94 heavy (non-hydrogen) atoms. The van der Waals surface area contributed by atoms with Crippen LogP contribution in [-0.4, -0.2) is 205 Å². The molecule has 0 radical (unpaired) electrons. The monoisotopic (exact) mass is 1360 g/mol. The van der Waals surface area contributed by atoms with Crippen LogP contribution in [0.5, 0.6) is 5.75 Å². The second-order valence-electron chi connectivity index (χ2n) is 23.9. The van der Waals surface area contributed by atoms with Gasteiger partial charge in [-0.2, -0.15) is 11.8 Å². The molecule has 2 fully saturated rings. The van der Waals surface area contributed by atoms with Gasteiger partial charge in [-0.25, -0.2) is 0 Å². The number of phenolic OH excluding ortho intramolecular Hbond substituents is 1. The molecule has 29 nitrogen and oxygen atoms in total. The highest BCUT2D eigenvalue weighted by molar-refractivity contribution is 8.00. The molecule has 0 spiro atoms. The Balaban J connectivity index is 1.75. The Morgan fingerprint density at radius 1 is 0.670 bits per heavy atom. The molecule has 1 aromatic carbocycles. The first-order valence-corrected chi connectivity index (χ1v) is 35.1. The smallest absolute Gasteiger partial charge is 0.246 e. The van der Waals surface area contributed by atoms with Crippen molar-refractivity contribution in [2.75, 3.05) is 75.6 Å². The molecule has 3 rings (SSSR count). The van der Waals surface area contributed by atoms with E-state index in [9.17, 15) is 67.4 Å². The largest absolute Gasteiger partial charge is 0.508 e. The number of nitrogens with two attached hydrogens (primary N) is 3. The summed E-state index contributed by atoms with van der Waals surface area (Å²) in [5.41, 5.74) is 16.8. The number of amides is 13. The standard InChI is InChI=1S/C63H103N13O16S2/c1-4-5-6-7-8-9-10-11-12-13-14-18-54(81)67-26-29-91-31-32-92-30-27-68-56(83)40-94-38-48-61(88)71-44(24-25-51(64)78)58(85)72-47(36-52(65)79)60(87)75-49(39-93-33-16-19-55(82)70-46(59(86)74-48)35-42-20-22-43(77)23-21-42)63(90)76-28-15-17-50(76)62(89)73-45(34-41(2)3)57(84)69-37-53(66)80/h20-23,41,44-50,77H,4-19,24-40H2,1-3H3,(H2,64,78)(H2,65,79)(H2,66,80)(H,67,81)(H,68,83)(H,69,84)(H,70,82)(H,71,88)(H,72,85)(H,73,89)(H,74,86)(H,75,87)/t44-,45-,46-,47-,48-,49-,50-/m0/s1. The van der Waals surface area contributed by atoms with Gasteiger partial charge in [-0.1, -0.05) is 97.1 Å². The molecule has 1 aromatic rings. The molecule has 7 atom stereocenters. The number of phenols is 1. The molecule has 2 aliphatic rings. The van der Waals surface area contributed by atoms with Crippen molar-refractivity contribution in [3.63, 3.8) is 0 Å². The molecule has 0 unspecified atom stereocenters. The quantitative estimate of drug-likeness (QED) is 0.0380. The van der Waals surface area contributed by atoms with Crippen LogP contribution in [0.2, 0.25) is 0 Å². The number of rotatable bonds is 40. The SMILES string of the molecule is CCCCCCCCCCCCCC(=O)NCCOCCOCCNC(=O)CSC[C@@H]1NC(=O)[C@H](Cc2ccc(O)cc2)NC(=O)CCCSC[C@@H](C(=O)N2CCC[C@H]2C(=O)N[C@@H](CC(C)C)C(=O)NCC(N)=O)NC(=O)[C@H](CC(N)=O)NC(=O)[C@H](CCC(N)=O)NC1=O. The van der Waals surface area contributed by atoms with Crippen LogP contribution in [0.15, 0.2) is 24.3 Å². The zero-order chi connectivity index (χ0) is 69.2. The van der Waals surface area contributed by atoms with E-state index in [0.29, 0.717) is 31.6 Å². The number of nitrogens with one attached hydrogen (secondary N) is 9. The highest BCUT2D eigenvalue weighted by atomic mass is 32.2. The fourth-order valence-electron chi connectivity index (χ4n) is 10.3. The Morgan fingerprint density at radius 2 is 1.26 bits per heavy atom. The third-order valence-electron chi connectivity index (χ3n) is 15.3. The zero-order valence-electron chi connectivity index (χ0n) is 54.8. The summed E-state index contributed by atoms with van der Waals surface area (Å²) in [6.07, 6.45) is 12.5. The number of hydrogen-bond acceptors (Lipinski definition) is 18. The molecular formula is C63H103N13O16S2. The minimum absolute atomic E-state index is 0.00918. The molecule has 0 saturated carbocycles. The summed E-state index contributed by atoms with van der Waals surface area (Å²) in [7, 11) is 0. The minimum atomic E-state index is -1.80. The number of likely N-dealkylation sites (tertiary alicyclic amines) is 1. The Labute approximate surface area is 559 Å². The van der Waals surface area contributed by atoms with Crippen molar-refractivity contribution in [3.05, 3.63) is 29.8 Å². The number of carbonyl (C=O) groups excluding carboxylic acids is 13. The number of primary amides is 3. The first-order valence-electron chi connectivity index (χ1n) is 32.8. The predicted octanol–water partition coefficient (Wildman–Crippen LogP) is -0.150. The number of carbonyl (C=O) groups is 13. The van der Waals surface area contributed by atoms with E-state index in [0.717, 1.165) is 42.8 Å². The number of ether oxygens (including phenoxy) is 2. The van der Waals surface area contributed by atoms with Gasteiger partial charge in [0.2, 0.25) is 76.8 Å². The van der Waals surface area contributed by atoms with Gasteiger partial charge in [0.15, 0.2) is 0 Å². The van der Waals surface area contributed by atoms with Crippen LogP contribution in [-0.2, 0) is 78.2 Å². The molecule has 2 heterocycles. The van der Waals surface area contributed by atoms with Crippen molar-refractivity contribution in [1.29, 1.82) is 0 Å². The van der Waals surface area contributed by atoms with Gasteiger partial charge in [0.1, 0.15) is 48.0 Å². The van der Waals surface area contributed by atoms with E-state index in [4.69, 9.17) is 26.7 Å². The summed E-state index contributed by atoms with van der Waals surface area (Å²) in [5, 5.41) is 33.5. The highest BCUT2D eigenvalue weighted by Gasteiger charge is 2.41. The third-order valence-corrected chi connectivity index (χ3v) is 17.4. The van der Waals surface area contributed by atoms with Gasteiger partial charge in [0, 0.05) is 56.8 Å². The Kier molecular flexibility index (Phi) is 40.3. The van der Waals surface area contributed by atoms with Gasteiger partial charge in [-0.05, 0) is 67.9 Å². The third kappa shape index (κ3) is 34.8. The molecule has 0 aromatic heterocycles. The molecule has 16 N–H and O–H groups in total. The Hall–Kier alpha value is -7.25. The number of hydrogen-bond donors (Lipinski definition) is 13. The van der Waals surface area contributed by atoms with Crippen molar-refractivity contribution < 1.29 is 76.9 Å². The summed E-state index contributed by atoms with van der Waals surface area (Å²) >= 11 is 2.06. The van der Waals surface area contributed by atoms with E-state index >= 15 is 0 Å². The first-order chi connectivity index (χ1) is 45.0. The van der Waals surface area contributed by atoms with Gasteiger partial charge in [0.05, 0.1) is 45.1 Å². The molecule has 13 amide bonds. The second kappa shape index (κ2) is 46.8. The van der Waals surface area contributed by atoms with Crippen LogP contribution >= 0.6 is 23.5 Å². The molecule has 2 aliphatic heterocycles. The van der Waals surface area contributed by atoms with Crippen molar-refractivity contribution >= 4 is 100 Å². The molecule has 0 aliphatic carbocycles. The summed E-state index contributed by atoms with van der Waals surface area (Å²) in [6, 6.07) is -4.24. The van der Waals surface area contributed by atoms with Gasteiger partial charge in [-0.3, -0.25) is 62.3 Å². The lowest BCUT2D eigenvalue weighted by molar-refractivity contribution is -0.142. The van der Waals surface area contributed by atoms with Crippen LogP contribution in [0.3, 0.4) is 0 Å². The van der Waals surface area contributed by atoms with E-state index in [-0.39, 0.29) is 106 Å². The maximum atomic E-state index is 14.6. The highest BCUT2D eigenvalue weighted by Crippen LogP contribution is 2.22. The first kappa shape index (κ1) is 81.0. The van der Waals surface area contributed by atoms with E-state index in [2.05, 4.69) is 54.8 Å². The number of benzene rings is 1. The van der Waals surface area contributed by atoms with E-state index in [1.165, 1.54) is 80.5 Å². The van der Waals surface area contributed by atoms with Gasteiger partial charge < -0.3 is 84.5 Å². The average molecular weight is 1360 g/mol. The molecule has 0 bridgehead atoms. The lowest BCUT2D eigenvalue weighted by atomic mass is 10.0. The maximum absolute atomic E-state index is 14.6. The Morgan fingerprint density at radius 3 is 1.87 bits per heavy atom. The lowest BCUT2D eigenvalue weighted by Gasteiger charge is -2.31. The Bertz CT molecular complexity index is 2610. The van der Waals surface area contributed by atoms with Crippen LogP contribution in [0.1, 0.15) is 155 Å². The topological polar surface area (TPSA) is 450 Å². The molecule has 528 valence electrons. The number of nitrogens with zero attached hydrogens (tertiary/aromatic N) is 1. The normalized spacial score (nSPS) is 19.7. The van der Waals surface area contributed by atoms with E-state index in [1.54, 1.807) is 0 Å². The number of thioether (sulfide) groups is 2. The second-order valence-corrected chi connectivity index (χ2v) is 26.1. The van der Waals surface area contributed by atoms with Crippen LogP contribution in [0.4, 0.5) is 0 Å². The van der Waals surface area contributed by atoms with Crippen LogP contribution < -0.4 is 65.1 Å².